The molecule has 0 aromatic rings. The van der Waals surface area contributed by atoms with Crippen molar-refractivity contribution in [2.24, 2.45) is 11.8 Å². The summed E-state index contributed by atoms with van der Waals surface area (Å²) in [5, 5.41) is 0. The van der Waals surface area contributed by atoms with Crippen LogP contribution in [-0.2, 0) is 9.53 Å². The summed E-state index contributed by atoms with van der Waals surface area (Å²) in [7, 11) is 0. The van der Waals surface area contributed by atoms with Crippen molar-refractivity contribution in [3.05, 3.63) is 0 Å². The number of likely N-dealkylation sites (tertiary alicyclic amines) is 2. The number of hydrogen-bond donors (Lipinski definition) is 0. The number of hydrogen-bond acceptors (Lipinski definition) is 3. The first-order chi connectivity index (χ1) is 9.61. The minimum absolute atomic E-state index is 0.0274. The number of carbonyl (C=O) groups excluding carboxylic acids is 2. The van der Waals surface area contributed by atoms with Crippen LogP contribution in [0.15, 0.2) is 0 Å². The molecular formula is C15H26N2O3. The van der Waals surface area contributed by atoms with Crippen LogP contribution in [0.4, 0.5) is 4.79 Å². The smallest absolute Gasteiger partial charge is 0.319 e. The van der Waals surface area contributed by atoms with Gasteiger partial charge in [0.25, 0.3) is 0 Å². The molecule has 2 saturated heterocycles. The van der Waals surface area contributed by atoms with Crippen molar-refractivity contribution in [3.8, 4) is 0 Å². The van der Waals surface area contributed by atoms with E-state index in [9.17, 15) is 9.59 Å². The highest BCUT2D eigenvalue weighted by atomic mass is 16.5. The summed E-state index contributed by atoms with van der Waals surface area (Å²) >= 11 is 0. The van der Waals surface area contributed by atoms with Gasteiger partial charge in [0, 0.05) is 26.2 Å². The second-order valence-corrected chi connectivity index (χ2v) is 5.97. The number of ether oxygens (including phenoxy) is 1. The zero-order valence-corrected chi connectivity index (χ0v) is 12.6. The number of amides is 2. The van der Waals surface area contributed by atoms with E-state index < -0.39 is 0 Å². The fraction of sp³-hybridized carbons (Fsp3) is 0.867. The number of rotatable bonds is 2. The van der Waals surface area contributed by atoms with Crippen molar-refractivity contribution < 1.29 is 14.3 Å². The van der Waals surface area contributed by atoms with Gasteiger partial charge in [0.2, 0.25) is 0 Å². The molecule has 114 valence electrons. The Hall–Kier alpha value is -1.26. The summed E-state index contributed by atoms with van der Waals surface area (Å²) in [6, 6.07) is 0.152. The van der Waals surface area contributed by atoms with Crippen molar-refractivity contribution in [1.29, 1.82) is 0 Å². The Labute approximate surface area is 121 Å². The van der Waals surface area contributed by atoms with Crippen molar-refractivity contribution in [1.82, 2.24) is 9.80 Å². The second kappa shape index (κ2) is 6.95. The van der Waals surface area contributed by atoms with Gasteiger partial charge in [-0.1, -0.05) is 6.92 Å². The number of esters is 1. The zero-order valence-electron chi connectivity index (χ0n) is 12.6. The third-order valence-corrected chi connectivity index (χ3v) is 4.44. The Kier molecular flexibility index (Phi) is 5.26. The molecule has 0 aromatic heterocycles. The minimum Gasteiger partial charge on any atom is -0.466 e. The first kappa shape index (κ1) is 15.1. The minimum atomic E-state index is -0.105. The van der Waals surface area contributed by atoms with Crippen molar-refractivity contribution in [2.45, 2.75) is 39.5 Å². The average molecular weight is 282 g/mol. The molecule has 5 nitrogen and oxygen atoms in total. The summed E-state index contributed by atoms with van der Waals surface area (Å²) in [6.07, 6.45) is 3.67. The van der Waals surface area contributed by atoms with E-state index in [4.69, 9.17) is 4.74 Å². The van der Waals surface area contributed by atoms with Gasteiger partial charge < -0.3 is 14.5 Å². The van der Waals surface area contributed by atoms with Crippen LogP contribution in [0.3, 0.4) is 0 Å². The highest BCUT2D eigenvalue weighted by molar-refractivity contribution is 5.76. The molecule has 2 fully saturated rings. The van der Waals surface area contributed by atoms with E-state index in [1.165, 1.54) is 0 Å². The van der Waals surface area contributed by atoms with Crippen LogP contribution >= 0.6 is 0 Å². The summed E-state index contributed by atoms with van der Waals surface area (Å²) in [6.45, 7) is 7.60. The molecule has 2 aliphatic rings. The van der Waals surface area contributed by atoms with Crippen molar-refractivity contribution in [3.63, 3.8) is 0 Å². The molecule has 5 heteroatoms. The maximum Gasteiger partial charge on any atom is 0.319 e. The standard InChI is InChI=1S/C15H26N2O3/c1-3-20-14(18)13-6-10-17(11-7-13)15(19)16-8-4-12(2)5-9-16/h12-13H,3-11H2,1-2H3. The van der Waals surface area contributed by atoms with E-state index >= 15 is 0 Å². The molecule has 2 aliphatic heterocycles. The van der Waals surface area contributed by atoms with Gasteiger partial charge in [0.1, 0.15) is 0 Å². The topological polar surface area (TPSA) is 49.9 Å². The number of piperidine rings is 2. The van der Waals surface area contributed by atoms with Gasteiger partial charge in [0.15, 0.2) is 0 Å². The van der Waals surface area contributed by atoms with E-state index in [0.29, 0.717) is 19.7 Å². The Morgan fingerprint density at radius 1 is 1.00 bits per heavy atom. The zero-order chi connectivity index (χ0) is 14.5. The fourth-order valence-electron chi connectivity index (χ4n) is 2.97. The second-order valence-electron chi connectivity index (χ2n) is 5.97. The molecular weight excluding hydrogens is 256 g/mol. The Morgan fingerprint density at radius 3 is 2.00 bits per heavy atom. The predicted octanol–water partition coefficient (Wildman–Crippen LogP) is 2.11. The fourth-order valence-corrected chi connectivity index (χ4v) is 2.97. The number of nitrogens with zero attached hydrogens (tertiary/aromatic N) is 2. The van der Waals surface area contributed by atoms with Crippen LogP contribution in [0.2, 0.25) is 0 Å². The summed E-state index contributed by atoms with van der Waals surface area (Å²) in [5.74, 6) is 0.598. The summed E-state index contributed by atoms with van der Waals surface area (Å²) in [4.78, 5) is 27.9. The highest BCUT2D eigenvalue weighted by Gasteiger charge is 2.31. The van der Waals surface area contributed by atoms with Crippen LogP contribution in [0, 0.1) is 11.8 Å². The number of carbonyl (C=O) groups is 2. The monoisotopic (exact) mass is 282 g/mol. The quantitative estimate of drug-likeness (QED) is 0.729. The number of urea groups is 1. The Morgan fingerprint density at radius 2 is 1.50 bits per heavy atom. The third kappa shape index (κ3) is 3.64. The third-order valence-electron chi connectivity index (χ3n) is 4.44. The van der Waals surface area contributed by atoms with Crippen molar-refractivity contribution in [2.75, 3.05) is 32.8 Å². The predicted molar refractivity (Wildman–Crippen MR) is 76.3 cm³/mol. The van der Waals surface area contributed by atoms with Gasteiger partial charge in [-0.15, -0.1) is 0 Å². The van der Waals surface area contributed by atoms with Crippen molar-refractivity contribution >= 4 is 12.0 Å². The van der Waals surface area contributed by atoms with Gasteiger partial charge >= 0.3 is 12.0 Å². The Balaban J connectivity index is 1.78. The van der Waals surface area contributed by atoms with E-state index in [0.717, 1.165) is 44.7 Å². The molecule has 0 aromatic carbocycles. The van der Waals surface area contributed by atoms with Crippen LogP contribution in [-0.4, -0.2) is 54.6 Å². The van der Waals surface area contributed by atoms with E-state index in [2.05, 4.69) is 6.92 Å². The van der Waals surface area contributed by atoms with Gasteiger partial charge in [-0.25, -0.2) is 4.79 Å². The van der Waals surface area contributed by atoms with Crippen LogP contribution in [0.1, 0.15) is 39.5 Å². The molecule has 20 heavy (non-hydrogen) atoms. The molecule has 2 heterocycles. The lowest BCUT2D eigenvalue weighted by molar-refractivity contribution is -0.149. The maximum atomic E-state index is 12.4. The summed E-state index contributed by atoms with van der Waals surface area (Å²) < 4.78 is 5.05. The SMILES string of the molecule is CCOC(=O)C1CCN(C(=O)N2CCC(C)CC2)CC1. The summed E-state index contributed by atoms with van der Waals surface area (Å²) in [5.41, 5.74) is 0. The van der Waals surface area contributed by atoms with Gasteiger partial charge in [0.05, 0.1) is 12.5 Å². The lowest BCUT2D eigenvalue weighted by atomic mass is 9.96. The first-order valence-corrected chi connectivity index (χ1v) is 7.82. The lowest BCUT2D eigenvalue weighted by Crippen LogP contribution is -2.49. The molecule has 0 saturated carbocycles. The maximum absolute atomic E-state index is 12.4. The van der Waals surface area contributed by atoms with E-state index in [1.807, 2.05) is 16.7 Å². The molecule has 2 rings (SSSR count). The highest BCUT2D eigenvalue weighted by Crippen LogP contribution is 2.22. The largest absolute Gasteiger partial charge is 0.466 e. The van der Waals surface area contributed by atoms with E-state index in [1.54, 1.807) is 0 Å². The first-order valence-electron chi connectivity index (χ1n) is 7.82. The molecule has 0 N–H and O–H groups in total. The normalized spacial score (nSPS) is 21.9. The molecule has 0 atom stereocenters. The van der Waals surface area contributed by atoms with Crippen LogP contribution in [0.25, 0.3) is 0 Å². The lowest BCUT2D eigenvalue weighted by Gasteiger charge is -2.37. The Bertz CT molecular complexity index is 343. The van der Waals surface area contributed by atoms with E-state index in [-0.39, 0.29) is 17.9 Å². The molecule has 0 radical (unpaired) electrons. The molecule has 0 spiro atoms. The van der Waals surface area contributed by atoms with Gasteiger partial charge in [-0.2, -0.15) is 0 Å². The van der Waals surface area contributed by atoms with Gasteiger partial charge in [-0.3, -0.25) is 4.79 Å². The van der Waals surface area contributed by atoms with Crippen LogP contribution < -0.4 is 0 Å². The van der Waals surface area contributed by atoms with Crippen LogP contribution in [0.5, 0.6) is 0 Å². The average Bonchev–Trinajstić information content (AvgIpc) is 2.48. The molecule has 0 unspecified atom stereocenters. The molecule has 2 amide bonds. The molecule has 0 aliphatic carbocycles. The molecule has 0 bridgehead atoms. The van der Waals surface area contributed by atoms with Gasteiger partial charge in [-0.05, 0) is 38.5 Å².